The largest absolute Gasteiger partial charge is 0.294 e. The van der Waals surface area contributed by atoms with Gasteiger partial charge in [0.25, 0.3) is 0 Å². The lowest BCUT2D eigenvalue weighted by Crippen LogP contribution is -2.33. The molecule has 7 heteroatoms. The van der Waals surface area contributed by atoms with Gasteiger partial charge in [-0.3, -0.25) is 9.59 Å². The molecule has 0 aromatic heterocycles. The highest BCUT2D eigenvalue weighted by atomic mass is 79.9. The van der Waals surface area contributed by atoms with E-state index in [1.807, 2.05) is 6.92 Å². The van der Waals surface area contributed by atoms with Crippen molar-refractivity contribution in [1.82, 2.24) is 0 Å². The minimum Gasteiger partial charge on any atom is -0.294 e. The van der Waals surface area contributed by atoms with Crippen LogP contribution < -0.4 is 0 Å². The maximum absolute atomic E-state index is 13.3. The van der Waals surface area contributed by atoms with Gasteiger partial charge in [0.2, 0.25) is 0 Å². The minimum atomic E-state index is -4.10. The molecule has 0 unspecified atom stereocenters. The number of benzene rings is 3. The lowest BCUT2D eigenvalue weighted by atomic mass is 10.0. The fourth-order valence-corrected chi connectivity index (χ4v) is 4.98. The van der Waals surface area contributed by atoms with Gasteiger partial charge in [0.05, 0.1) is 4.90 Å². The molecule has 0 spiro atoms. The van der Waals surface area contributed by atoms with Crippen LogP contribution in [0.1, 0.15) is 32.7 Å². The highest BCUT2D eigenvalue weighted by Gasteiger charge is 2.36. The number of Topliss-reactive ketones (excluding diaryl/α,β-unsaturated/α-hetero) is 2. The summed E-state index contributed by atoms with van der Waals surface area (Å²) in [5.41, 5.74) is 1.41. The number of hydrogen-bond acceptors (Lipinski definition) is 4. The van der Waals surface area contributed by atoms with Crippen LogP contribution in [0.3, 0.4) is 0 Å². The summed E-state index contributed by atoms with van der Waals surface area (Å²) in [6, 6.07) is 18.8. The molecule has 0 saturated carbocycles. The van der Waals surface area contributed by atoms with Gasteiger partial charge in [0, 0.05) is 27.0 Å². The summed E-state index contributed by atoms with van der Waals surface area (Å²) in [7, 11) is -4.10. The summed E-state index contributed by atoms with van der Waals surface area (Å²) >= 11 is 9.19. The van der Waals surface area contributed by atoms with E-state index in [-0.39, 0.29) is 10.5 Å². The predicted molar refractivity (Wildman–Crippen MR) is 121 cm³/mol. The molecule has 0 bridgehead atoms. The number of halogens is 2. The third kappa shape index (κ3) is 5.06. The Morgan fingerprint density at radius 3 is 1.97 bits per heavy atom. The summed E-state index contributed by atoms with van der Waals surface area (Å²) < 4.78 is 27.5. The number of sulfone groups is 1. The standard InChI is InChI=1S/C23H18BrClO4S/c1-15-2-12-20(13-3-15)30(28,29)22(23(27)17-6-10-19(25)11-7-17)14-21(26)16-4-8-18(24)9-5-16/h2-13,22H,14H2,1H3/t22-/m1/s1. The van der Waals surface area contributed by atoms with Crippen molar-refractivity contribution in [2.45, 2.75) is 23.5 Å². The van der Waals surface area contributed by atoms with Gasteiger partial charge in [-0.2, -0.15) is 0 Å². The highest BCUT2D eigenvalue weighted by molar-refractivity contribution is 9.10. The first-order chi connectivity index (χ1) is 14.2. The number of rotatable bonds is 7. The summed E-state index contributed by atoms with van der Waals surface area (Å²) in [4.78, 5) is 26.0. The minimum absolute atomic E-state index is 0.00372. The molecule has 4 nitrogen and oxygen atoms in total. The second-order valence-electron chi connectivity index (χ2n) is 6.85. The fraction of sp³-hybridized carbons (Fsp3) is 0.130. The van der Waals surface area contributed by atoms with Crippen LogP contribution in [0.4, 0.5) is 0 Å². The average molecular weight is 506 g/mol. The molecule has 3 aromatic carbocycles. The molecular weight excluding hydrogens is 488 g/mol. The average Bonchev–Trinajstić information content (AvgIpc) is 2.72. The van der Waals surface area contributed by atoms with Crippen molar-refractivity contribution in [3.05, 3.63) is 99.0 Å². The van der Waals surface area contributed by atoms with Crippen molar-refractivity contribution in [2.75, 3.05) is 0 Å². The molecule has 0 fully saturated rings. The smallest absolute Gasteiger partial charge is 0.189 e. The van der Waals surface area contributed by atoms with Gasteiger partial charge in [0.1, 0.15) is 5.25 Å². The summed E-state index contributed by atoms with van der Waals surface area (Å²) in [6.07, 6.45) is -0.459. The zero-order chi connectivity index (χ0) is 21.9. The van der Waals surface area contributed by atoms with Crippen molar-refractivity contribution in [3.63, 3.8) is 0 Å². The summed E-state index contributed by atoms with van der Waals surface area (Å²) in [5.74, 6) is -1.07. The maximum Gasteiger partial charge on any atom is 0.189 e. The van der Waals surface area contributed by atoms with E-state index in [1.54, 1.807) is 36.4 Å². The Morgan fingerprint density at radius 2 is 1.40 bits per heavy atom. The van der Waals surface area contributed by atoms with Crippen LogP contribution >= 0.6 is 27.5 Å². The molecule has 0 heterocycles. The van der Waals surface area contributed by atoms with Crippen LogP contribution in [-0.2, 0) is 9.84 Å². The van der Waals surface area contributed by atoms with Crippen LogP contribution in [0, 0.1) is 6.92 Å². The molecule has 0 radical (unpaired) electrons. The quantitative estimate of drug-likeness (QED) is 0.386. The fourth-order valence-electron chi connectivity index (χ4n) is 2.96. The van der Waals surface area contributed by atoms with Crippen LogP contribution in [0.15, 0.2) is 82.2 Å². The highest BCUT2D eigenvalue weighted by Crippen LogP contribution is 2.25. The lowest BCUT2D eigenvalue weighted by Gasteiger charge is -2.17. The zero-order valence-corrected chi connectivity index (χ0v) is 19.2. The first-order valence-electron chi connectivity index (χ1n) is 9.07. The van der Waals surface area contributed by atoms with E-state index in [9.17, 15) is 18.0 Å². The first-order valence-corrected chi connectivity index (χ1v) is 11.8. The van der Waals surface area contributed by atoms with Crippen LogP contribution in [0.2, 0.25) is 5.02 Å². The summed E-state index contributed by atoms with van der Waals surface area (Å²) in [5, 5.41) is -1.12. The number of carbonyl (C=O) groups is 2. The molecule has 0 aliphatic carbocycles. The molecule has 1 atom stereocenters. The van der Waals surface area contributed by atoms with Gasteiger partial charge < -0.3 is 0 Å². The lowest BCUT2D eigenvalue weighted by molar-refractivity contribution is 0.0920. The Bertz CT molecular complexity index is 1170. The van der Waals surface area contributed by atoms with Crippen molar-refractivity contribution >= 4 is 48.9 Å². The Morgan fingerprint density at radius 1 is 0.867 bits per heavy atom. The first kappa shape index (κ1) is 22.4. The van der Waals surface area contributed by atoms with Crippen LogP contribution in [-0.4, -0.2) is 25.2 Å². The number of carbonyl (C=O) groups excluding carboxylic acids is 2. The number of ketones is 2. The molecule has 0 amide bonds. The molecule has 0 saturated heterocycles. The molecule has 0 aliphatic rings. The van der Waals surface area contributed by atoms with Gasteiger partial charge in [-0.25, -0.2) is 8.42 Å². The van der Waals surface area contributed by atoms with Gasteiger partial charge in [0.15, 0.2) is 21.4 Å². The Hall–Kier alpha value is -2.28. The van der Waals surface area contributed by atoms with Gasteiger partial charge in [-0.15, -0.1) is 0 Å². The van der Waals surface area contributed by atoms with E-state index < -0.39 is 33.1 Å². The molecule has 3 rings (SSSR count). The van der Waals surface area contributed by atoms with Gasteiger partial charge in [-0.05, 0) is 55.5 Å². The summed E-state index contributed by atoms with van der Waals surface area (Å²) in [6.45, 7) is 1.84. The third-order valence-corrected chi connectivity index (χ3v) is 7.52. The van der Waals surface area contributed by atoms with Crippen molar-refractivity contribution in [2.24, 2.45) is 0 Å². The normalized spacial score (nSPS) is 12.4. The number of hydrogen-bond donors (Lipinski definition) is 0. The van der Waals surface area contributed by atoms with Crippen LogP contribution in [0.5, 0.6) is 0 Å². The second-order valence-corrected chi connectivity index (χ2v) is 10.3. The van der Waals surface area contributed by atoms with E-state index >= 15 is 0 Å². The third-order valence-electron chi connectivity index (χ3n) is 4.68. The van der Waals surface area contributed by atoms with E-state index in [0.29, 0.717) is 10.6 Å². The predicted octanol–water partition coefficient (Wildman–Crippen LogP) is 5.71. The second kappa shape index (κ2) is 9.25. The van der Waals surface area contributed by atoms with E-state index in [0.717, 1.165) is 10.0 Å². The van der Waals surface area contributed by atoms with Gasteiger partial charge in [-0.1, -0.05) is 57.4 Å². The maximum atomic E-state index is 13.3. The Kier molecular flexibility index (Phi) is 6.91. The molecular formula is C23H18BrClO4S. The molecule has 3 aromatic rings. The Balaban J connectivity index is 2.02. The topological polar surface area (TPSA) is 68.3 Å². The monoisotopic (exact) mass is 504 g/mol. The van der Waals surface area contributed by atoms with E-state index in [4.69, 9.17) is 11.6 Å². The van der Waals surface area contributed by atoms with Crippen molar-refractivity contribution in [1.29, 1.82) is 0 Å². The molecule has 30 heavy (non-hydrogen) atoms. The number of aryl methyl sites for hydroxylation is 1. The zero-order valence-electron chi connectivity index (χ0n) is 16.0. The van der Waals surface area contributed by atoms with Crippen molar-refractivity contribution in [3.8, 4) is 0 Å². The molecule has 0 aliphatic heterocycles. The SMILES string of the molecule is Cc1ccc(S(=O)(=O)[C@H](CC(=O)c2ccc(Br)cc2)C(=O)c2ccc(Cl)cc2)cc1. The van der Waals surface area contributed by atoms with Gasteiger partial charge >= 0.3 is 0 Å². The van der Waals surface area contributed by atoms with E-state index in [2.05, 4.69) is 15.9 Å². The van der Waals surface area contributed by atoms with Crippen molar-refractivity contribution < 1.29 is 18.0 Å². The van der Waals surface area contributed by atoms with E-state index in [1.165, 1.54) is 36.4 Å². The van der Waals surface area contributed by atoms with Crippen LogP contribution in [0.25, 0.3) is 0 Å². The molecule has 154 valence electrons. The molecule has 0 N–H and O–H groups in total. The Labute approximate surface area is 188 Å².